The highest BCUT2D eigenvalue weighted by molar-refractivity contribution is 6.14. The number of nitrogens with zero attached hydrogens (tertiary/aromatic N) is 3. The van der Waals surface area contributed by atoms with E-state index < -0.39 is 0 Å². The van der Waals surface area contributed by atoms with Crippen molar-refractivity contribution in [3.8, 4) is 56.4 Å². The van der Waals surface area contributed by atoms with Crippen LogP contribution in [0.4, 0.5) is 0 Å². The van der Waals surface area contributed by atoms with Gasteiger partial charge in [0.05, 0.1) is 0 Å². The molecule has 1 aliphatic carbocycles. The zero-order valence-corrected chi connectivity index (χ0v) is 31.0. The minimum atomic E-state index is 0.143. The number of aromatic nitrogens is 3. The Morgan fingerprint density at radius 3 is 1.68 bits per heavy atom. The molecule has 0 radical (unpaired) electrons. The molecule has 2 heterocycles. The number of rotatable bonds is 6. The van der Waals surface area contributed by atoms with Gasteiger partial charge in [-0.25, -0.2) is 15.0 Å². The average Bonchev–Trinajstić information content (AvgIpc) is 3.68. The highest BCUT2D eigenvalue weighted by atomic mass is 16.3. The fourth-order valence-corrected chi connectivity index (χ4v) is 8.49. The van der Waals surface area contributed by atoms with Crippen LogP contribution in [0.5, 0.6) is 0 Å². The summed E-state index contributed by atoms with van der Waals surface area (Å²) >= 11 is 0. The molecule has 1 aliphatic rings. The van der Waals surface area contributed by atoms with Crippen molar-refractivity contribution in [2.45, 2.75) is 12.3 Å². The van der Waals surface area contributed by atoms with Gasteiger partial charge in [0.25, 0.3) is 0 Å². The first-order valence-corrected chi connectivity index (χ1v) is 19.5. The van der Waals surface area contributed by atoms with Crippen LogP contribution >= 0.6 is 0 Å². The molecule has 1 unspecified atom stereocenters. The van der Waals surface area contributed by atoms with Gasteiger partial charge in [-0.2, -0.15) is 0 Å². The van der Waals surface area contributed by atoms with Crippen LogP contribution < -0.4 is 0 Å². The zero-order chi connectivity index (χ0) is 37.7. The van der Waals surface area contributed by atoms with Gasteiger partial charge in [-0.15, -0.1) is 0 Å². The Labute approximate surface area is 330 Å². The molecule has 0 amide bonds. The molecule has 0 N–H and O–H groups in total. The molecule has 0 fully saturated rings. The topological polar surface area (TPSA) is 51.8 Å². The van der Waals surface area contributed by atoms with E-state index in [1.54, 1.807) is 0 Å². The summed E-state index contributed by atoms with van der Waals surface area (Å²) in [4.78, 5) is 14.7. The van der Waals surface area contributed by atoms with Crippen molar-refractivity contribution in [1.29, 1.82) is 0 Å². The quantitative estimate of drug-likeness (QED) is 0.171. The van der Waals surface area contributed by atoms with Gasteiger partial charge < -0.3 is 4.42 Å². The second-order valence-corrected chi connectivity index (χ2v) is 14.7. The zero-order valence-electron chi connectivity index (χ0n) is 31.0. The fraction of sp³-hybridized carbons (Fsp3) is 0.0377. The summed E-state index contributed by atoms with van der Waals surface area (Å²) in [5.74, 6) is 3.13. The third-order valence-corrected chi connectivity index (χ3v) is 11.3. The predicted molar refractivity (Wildman–Crippen MR) is 234 cm³/mol. The van der Waals surface area contributed by atoms with Crippen LogP contribution in [0.25, 0.3) is 95.0 Å². The Morgan fingerprint density at radius 2 is 0.965 bits per heavy atom. The molecule has 8 aromatic carbocycles. The fourth-order valence-electron chi connectivity index (χ4n) is 8.49. The molecule has 2 aromatic heterocycles. The third kappa shape index (κ3) is 5.82. The van der Waals surface area contributed by atoms with Crippen LogP contribution in [0.2, 0.25) is 0 Å². The van der Waals surface area contributed by atoms with Gasteiger partial charge in [-0.3, -0.25) is 0 Å². The van der Waals surface area contributed by atoms with E-state index in [0.717, 1.165) is 61.9 Å². The maximum atomic E-state index is 6.95. The van der Waals surface area contributed by atoms with Crippen molar-refractivity contribution in [2.24, 2.45) is 0 Å². The highest BCUT2D eigenvalue weighted by Gasteiger charge is 2.28. The standard InChI is InChI=1S/C53H35N3O/c1-3-15-36(16-4-1)51-54-52(37-17-5-2-6-18-37)56-53(55-51)38-30-28-34(29-31-38)39-20-11-21-40(32-39)47-33-48-46-27-13-26-45(42-25-12-19-35-14-7-8-22-41(35)42)49(46)57-50(48)44-24-10-9-23-43(44)47/h1-25,27-33,45H,26H2. The molecule has 0 saturated heterocycles. The number of fused-ring (bicyclic) bond motifs is 6. The lowest BCUT2D eigenvalue weighted by molar-refractivity contribution is 0.520. The largest absolute Gasteiger partial charge is 0.459 e. The first-order chi connectivity index (χ1) is 28.2. The Balaban J connectivity index is 0.983. The van der Waals surface area contributed by atoms with Crippen LogP contribution in [-0.2, 0) is 0 Å². The normalized spacial score (nSPS) is 13.6. The number of furan rings is 1. The number of allylic oxidation sites excluding steroid dienone is 1. The van der Waals surface area contributed by atoms with E-state index in [9.17, 15) is 0 Å². The number of benzene rings is 8. The Bertz CT molecular complexity index is 3080. The molecule has 1 atom stereocenters. The van der Waals surface area contributed by atoms with Crippen LogP contribution in [0.1, 0.15) is 29.2 Å². The van der Waals surface area contributed by atoms with Gasteiger partial charge in [0.15, 0.2) is 17.5 Å². The molecular formula is C53H35N3O. The first-order valence-electron chi connectivity index (χ1n) is 19.5. The van der Waals surface area contributed by atoms with E-state index in [2.05, 4.69) is 133 Å². The van der Waals surface area contributed by atoms with E-state index in [0.29, 0.717) is 17.5 Å². The van der Waals surface area contributed by atoms with E-state index in [1.165, 1.54) is 32.8 Å². The van der Waals surface area contributed by atoms with Gasteiger partial charge in [0, 0.05) is 38.9 Å². The van der Waals surface area contributed by atoms with Gasteiger partial charge in [0.1, 0.15) is 11.3 Å². The van der Waals surface area contributed by atoms with Gasteiger partial charge in [-0.1, -0.05) is 182 Å². The molecule has 0 aliphatic heterocycles. The highest BCUT2D eigenvalue weighted by Crippen LogP contribution is 2.46. The maximum Gasteiger partial charge on any atom is 0.164 e. The summed E-state index contributed by atoms with van der Waals surface area (Å²) in [5, 5.41) is 5.99. The van der Waals surface area contributed by atoms with E-state index in [4.69, 9.17) is 19.4 Å². The SMILES string of the molecule is C1=Cc2c(oc3c2cc(-c2cccc(-c4ccc(-c5nc(-c6ccccc6)nc(-c6ccccc6)n5)cc4)c2)c2ccccc23)C(c2cccc3ccccc23)C1. The third-order valence-electron chi connectivity index (χ3n) is 11.3. The molecule has 0 saturated carbocycles. The molecule has 4 heteroatoms. The van der Waals surface area contributed by atoms with E-state index in [-0.39, 0.29) is 5.92 Å². The maximum absolute atomic E-state index is 6.95. The Morgan fingerprint density at radius 1 is 0.421 bits per heavy atom. The van der Waals surface area contributed by atoms with Crippen molar-refractivity contribution >= 4 is 38.6 Å². The van der Waals surface area contributed by atoms with Crippen LogP contribution in [0, 0.1) is 0 Å². The van der Waals surface area contributed by atoms with Crippen molar-refractivity contribution in [3.63, 3.8) is 0 Å². The van der Waals surface area contributed by atoms with Crippen molar-refractivity contribution in [1.82, 2.24) is 15.0 Å². The van der Waals surface area contributed by atoms with E-state index in [1.807, 2.05) is 60.7 Å². The minimum Gasteiger partial charge on any atom is -0.459 e. The first kappa shape index (κ1) is 33.0. The predicted octanol–water partition coefficient (Wildman–Crippen LogP) is 13.8. The average molecular weight is 730 g/mol. The number of hydrogen-bond donors (Lipinski definition) is 0. The Kier molecular flexibility index (Phi) is 7.92. The lowest BCUT2D eigenvalue weighted by Crippen LogP contribution is -2.04. The second kappa shape index (κ2) is 13.7. The van der Waals surface area contributed by atoms with Crippen molar-refractivity contribution in [2.75, 3.05) is 0 Å². The molecule has 11 rings (SSSR count). The molecule has 0 bridgehead atoms. The molecule has 0 spiro atoms. The van der Waals surface area contributed by atoms with Gasteiger partial charge >= 0.3 is 0 Å². The van der Waals surface area contributed by atoms with Crippen LogP contribution in [0.3, 0.4) is 0 Å². The minimum absolute atomic E-state index is 0.143. The lowest BCUT2D eigenvalue weighted by Gasteiger charge is -2.19. The van der Waals surface area contributed by atoms with Gasteiger partial charge in [0.2, 0.25) is 0 Å². The molecular weight excluding hydrogens is 695 g/mol. The second-order valence-electron chi connectivity index (χ2n) is 14.7. The Hall–Kier alpha value is -7.43. The van der Waals surface area contributed by atoms with Gasteiger partial charge in [-0.05, 0) is 62.5 Å². The summed E-state index contributed by atoms with van der Waals surface area (Å²) in [5.41, 5.74) is 10.9. The summed E-state index contributed by atoms with van der Waals surface area (Å²) in [6, 6.07) is 63.8. The van der Waals surface area contributed by atoms with Crippen molar-refractivity contribution in [3.05, 3.63) is 205 Å². The number of hydrogen-bond acceptors (Lipinski definition) is 4. The smallest absolute Gasteiger partial charge is 0.164 e. The van der Waals surface area contributed by atoms with Crippen molar-refractivity contribution < 1.29 is 4.42 Å². The summed E-state index contributed by atoms with van der Waals surface area (Å²) in [6.45, 7) is 0. The monoisotopic (exact) mass is 729 g/mol. The molecule has 57 heavy (non-hydrogen) atoms. The van der Waals surface area contributed by atoms with E-state index >= 15 is 0 Å². The molecule has 268 valence electrons. The summed E-state index contributed by atoms with van der Waals surface area (Å²) in [7, 11) is 0. The van der Waals surface area contributed by atoms with Crippen LogP contribution in [0.15, 0.2) is 192 Å². The lowest BCUT2D eigenvalue weighted by atomic mass is 9.84. The summed E-state index contributed by atoms with van der Waals surface area (Å²) < 4.78 is 6.95. The summed E-state index contributed by atoms with van der Waals surface area (Å²) in [6.07, 6.45) is 5.48. The van der Waals surface area contributed by atoms with Crippen LogP contribution in [-0.4, -0.2) is 15.0 Å². The molecule has 4 nitrogen and oxygen atoms in total. The molecule has 10 aromatic rings.